The fourth-order valence-electron chi connectivity index (χ4n) is 3.59. The van der Waals surface area contributed by atoms with Crippen molar-refractivity contribution in [3.8, 4) is 0 Å². The molecule has 2 aromatic carbocycles. The van der Waals surface area contributed by atoms with E-state index in [0.29, 0.717) is 24.0 Å². The lowest BCUT2D eigenvalue weighted by Gasteiger charge is -2.41. The zero-order chi connectivity index (χ0) is 16.9. The number of carbonyl (C=O) groups excluding carboxylic acids is 2. The van der Waals surface area contributed by atoms with E-state index in [1.807, 2.05) is 0 Å². The molecule has 4 rings (SSSR count). The van der Waals surface area contributed by atoms with Crippen molar-refractivity contribution in [3.05, 3.63) is 82.5 Å². The summed E-state index contributed by atoms with van der Waals surface area (Å²) >= 11 is 0. The van der Waals surface area contributed by atoms with Gasteiger partial charge in [0.15, 0.2) is 0 Å². The molecule has 1 heterocycles. The number of amides is 2. The van der Waals surface area contributed by atoms with Crippen LogP contribution < -0.4 is 0 Å². The van der Waals surface area contributed by atoms with Gasteiger partial charge in [-0.15, -0.1) is 0 Å². The predicted octanol–water partition coefficient (Wildman–Crippen LogP) is 3.40. The Morgan fingerprint density at radius 3 is 2.04 bits per heavy atom. The van der Waals surface area contributed by atoms with Crippen molar-refractivity contribution in [2.24, 2.45) is 0 Å². The summed E-state index contributed by atoms with van der Waals surface area (Å²) in [6.45, 7) is 7.53. The Morgan fingerprint density at radius 1 is 1.00 bits per heavy atom. The van der Waals surface area contributed by atoms with Crippen LogP contribution in [0.2, 0.25) is 0 Å². The van der Waals surface area contributed by atoms with Crippen LogP contribution in [-0.2, 0) is 5.54 Å². The maximum absolute atomic E-state index is 13.1. The minimum absolute atomic E-state index is 0.293. The van der Waals surface area contributed by atoms with Crippen molar-refractivity contribution in [1.82, 2.24) is 4.90 Å². The van der Waals surface area contributed by atoms with Gasteiger partial charge >= 0.3 is 0 Å². The van der Waals surface area contributed by atoms with Crippen molar-refractivity contribution in [2.45, 2.75) is 24.4 Å². The van der Waals surface area contributed by atoms with Crippen molar-refractivity contribution in [1.29, 1.82) is 0 Å². The Bertz CT molecular complexity index is 857. The van der Waals surface area contributed by atoms with Gasteiger partial charge in [-0.2, -0.15) is 0 Å². The molecule has 0 bridgehead atoms. The summed E-state index contributed by atoms with van der Waals surface area (Å²) in [4.78, 5) is 30.0. The first-order valence-corrected chi connectivity index (χ1v) is 7.67. The van der Waals surface area contributed by atoms with Crippen LogP contribution in [0.15, 0.2) is 48.5 Å². The number of benzene rings is 2. The van der Waals surface area contributed by atoms with Gasteiger partial charge in [-0.3, -0.25) is 14.5 Å². The zero-order valence-electron chi connectivity index (χ0n) is 12.7. The third kappa shape index (κ3) is 1.89. The first-order valence-electron chi connectivity index (χ1n) is 7.67. The smallest absolute Gasteiger partial charge is 0.261 e. The van der Waals surface area contributed by atoms with Gasteiger partial charge in [0.1, 0.15) is 5.82 Å². The molecule has 0 aromatic heterocycles. The Kier molecular flexibility index (Phi) is 3.04. The molecule has 1 saturated carbocycles. The zero-order valence-corrected chi connectivity index (χ0v) is 12.7. The van der Waals surface area contributed by atoms with E-state index in [0.717, 1.165) is 5.56 Å². The molecule has 24 heavy (non-hydrogen) atoms. The van der Waals surface area contributed by atoms with E-state index in [-0.39, 0.29) is 23.7 Å². The second-order valence-electron chi connectivity index (χ2n) is 6.24. The van der Waals surface area contributed by atoms with Crippen LogP contribution in [0.4, 0.5) is 4.39 Å². The number of nitrogens with zero attached hydrogens (tertiary/aromatic N) is 2. The molecule has 0 saturated heterocycles. The van der Waals surface area contributed by atoms with Crippen LogP contribution in [0.3, 0.4) is 0 Å². The topological polar surface area (TPSA) is 41.7 Å². The van der Waals surface area contributed by atoms with Crippen molar-refractivity contribution in [2.75, 3.05) is 0 Å². The van der Waals surface area contributed by atoms with Crippen LogP contribution in [0, 0.1) is 12.4 Å². The normalized spacial score (nSPS) is 25.2. The molecule has 5 heteroatoms. The largest absolute Gasteiger partial charge is 0.305 e. The lowest BCUT2D eigenvalue weighted by atomic mass is 9.68. The number of fused-ring (bicyclic) bond motifs is 1. The lowest BCUT2D eigenvalue weighted by molar-refractivity contribution is 0.0411. The molecule has 1 aliphatic carbocycles. The Morgan fingerprint density at radius 2 is 1.54 bits per heavy atom. The van der Waals surface area contributed by atoms with E-state index in [2.05, 4.69) is 4.85 Å². The maximum atomic E-state index is 13.1. The minimum atomic E-state index is -0.784. The van der Waals surface area contributed by atoms with Crippen LogP contribution in [0.25, 0.3) is 4.85 Å². The average Bonchev–Trinajstić information content (AvgIpc) is 2.81. The van der Waals surface area contributed by atoms with Gasteiger partial charge in [-0.1, -0.05) is 12.1 Å². The van der Waals surface area contributed by atoms with Gasteiger partial charge in [0.2, 0.25) is 0 Å². The quantitative estimate of drug-likeness (QED) is 0.629. The number of hydrogen-bond acceptors (Lipinski definition) is 2. The molecular weight excluding hydrogens is 307 g/mol. The summed E-state index contributed by atoms with van der Waals surface area (Å²) in [6, 6.07) is 12.3. The third-order valence-electron chi connectivity index (χ3n) is 4.93. The SMILES string of the molecule is [C-]#[N+]C1(c2ccc(F)cc2)CC(N2C(=O)c3ccccc3C2=O)C1. The summed E-state index contributed by atoms with van der Waals surface area (Å²) in [5, 5.41) is 0. The molecule has 0 unspecified atom stereocenters. The van der Waals surface area contributed by atoms with Gasteiger partial charge in [0.05, 0.1) is 30.0 Å². The van der Waals surface area contributed by atoms with E-state index >= 15 is 0 Å². The second kappa shape index (κ2) is 5.00. The Balaban J connectivity index is 1.60. The molecule has 2 aromatic rings. The number of halogens is 1. The molecule has 0 atom stereocenters. The monoisotopic (exact) mass is 320 g/mol. The van der Waals surface area contributed by atoms with Crippen LogP contribution in [0.5, 0.6) is 0 Å². The Hall–Kier alpha value is -3.00. The second-order valence-corrected chi connectivity index (χ2v) is 6.24. The van der Waals surface area contributed by atoms with Gasteiger partial charge in [-0.05, 0) is 36.4 Å². The molecule has 0 spiro atoms. The molecule has 1 fully saturated rings. The number of imide groups is 1. The summed E-state index contributed by atoms with van der Waals surface area (Å²) in [5.74, 6) is -0.938. The predicted molar refractivity (Wildman–Crippen MR) is 84.6 cm³/mol. The van der Waals surface area contributed by atoms with Crippen LogP contribution in [-0.4, -0.2) is 22.8 Å². The van der Waals surface area contributed by atoms with Gasteiger partial charge in [0.25, 0.3) is 17.4 Å². The lowest BCUT2D eigenvalue weighted by Crippen LogP contribution is -2.53. The van der Waals surface area contributed by atoms with Crippen molar-refractivity contribution < 1.29 is 14.0 Å². The molecule has 4 nitrogen and oxygen atoms in total. The van der Waals surface area contributed by atoms with Crippen LogP contribution >= 0.6 is 0 Å². The summed E-state index contributed by atoms with van der Waals surface area (Å²) < 4.78 is 13.1. The molecule has 2 aliphatic rings. The van der Waals surface area contributed by atoms with Crippen molar-refractivity contribution in [3.63, 3.8) is 0 Å². The van der Waals surface area contributed by atoms with E-state index in [4.69, 9.17) is 6.57 Å². The molecule has 2 amide bonds. The number of carbonyl (C=O) groups is 2. The van der Waals surface area contributed by atoms with Gasteiger partial charge in [0, 0.05) is 5.56 Å². The number of rotatable bonds is 2. The molecule has 0 radical (unpaired) electrons. The van der Waals surface area contributed by atoms with Crippen molar-refractivity contribution >= 4 is 11.8 Å². The maximum Gasteiger partial charge on any atom is 0.261 e. The molecule has 118 valence electrons. The molecule has 1 aliphatic heterocycles. The van der Waals surface area contributed by atoms with Crippen LogP contribution in [0.1, 0.15) is 39.1 Å². The highest BCUT2D eigenvalue weighted by molar-refractivity contribution is 6.21. The minimum Gasteiger partial charge on any atom is -0.305 e. The Labute approximate surface area is 138 Å². The third-order valence-corrected chi connectivity index (χ3v) is 4.93. The molecular formula is C19H13FN2O2. The fraction of sp³-hybridized carbons (Fsp3) is 0.211. The summed E-state index contributed by atoms with van der Waals surface area (Å²) in [5.41, 5.74) is 0.786. The highest BCUT2D eigenvalue weighted by atomic mass is 19.1. The number of hydrogen-bond donors (Lipinski definition) is 0. The summed E-state index contributed by atoms with van der Waals surface area (Å²) in [6.07, 6.45) is 0.765. The highest BCUT2D eigenvalue weighted by Gasteiger charge is 2.57. The van der Waals surface area contributed by atoms with E-state index < -0.39 is 5.54 Å². The average molecular weight is 320 g/mol. The first kappa shape index (κ1) is 14.6. The van der Waals surface area contributed by atoms with Gasteiger partial charge < -0.3 is 4.85 Å². The first-order chi connectivity index (χ1) is 11.6. The fourth-order valence-corrected chi connectivity index (χ4v) is 3.59. The standard InChI is InChI=1S/C19H13FN2O2/c1-21-19(12-6-8-13(20)9-7-12)10-14(11-19)22-17(23)15-4-2-3-5-16(15)18(22)24/h2-9,14H,10-11H2. The van der Waals surface area contributed by atoms with E-state index in [1.54, 1.807) is 36.4 Å². The molecule has 0 N–H and O–H groups in total. The van der Waals surface area contributed by atoms with E-state index in [9.17, 15) is 14.0 Å². The van der Waals surface area contributed by atoms with Gasteiger partial charge in [-0.25, -0.2) is 11.0 Å². The van der Waals surface area contributed by atoms with E-state index in [1.165, 1.54) is 17.0 Å². The highest BCUT2D eigenvalue weighted by Crippen LogP contribution is 2.48. The summed E-state index contributed by atoms with van der Waals surface area (Å²) in [7, 11) is 0.